The van der Waals surface area contributed by atoms with Gasteiger partial charge in [0.25, 0.3) is 5.91 Å². The summed E-state index contributed by atoms with van der Waals surface area (Å²) in [7, 11) is 0. The number of nitrogens with zero attached hydrogens (tertiary/aromatic N) is 2. The molecule has 1 aliphatic carbocycles. The van der Waals surface area contributed by atoms with Crippen LogP contribution in [0.4, 0.5) is 5.13 Å². The Morgan fingerprint density at radius 2 is 2.05 bits per heavy atom. The van der Waals surface area contributed by atoms with Gasteiger partial charge in [0.2, 0.25) is 5.13 Å². The van der Waals surface area contributed by atoms with Crippen molar-refractivity contribution >= 4 is 34.0 Å². The average molecular weight is 338 g/mol. The molecule has 1 N–H and O–H groups in total. The molecular formula is C15H16ClN3O2S. The Morgan fingerprint density at radius 1 is 1.36 bits per heavy atom. The van der Waals surface area contributed by atoms with Crippen molar-refractivity contribution in [2.45, 2.75) is 32.6 Å². The largest absolute Gasteiger partial charge is 0.484 e. The van der Waals surface area contributed by atoms with E-state index in [9.17, 15) is 4.79 Å². The Labute approximate surface area is 137 Å². The van der Waals surface area contributed by atoms with E-state index in [0.29, 0.717) is 16.8 Å². The lowest BCUT2D eigenvalue weighted by atomic mass is 10.1. The first kappa shape index (κ1) is 15.2. The average Bonchev–Trinajstić information content (AvgIpc) is 3.23. The van der Waals surface area contributed by atoms with E-state index >= 15 is 0 Å². The molecule has 7 heteroatoms. The number of halogens is 1. The maximum atomic E-state index is 11.9. The molecule has 0 atom stereocenters. The van der Waals surface area contributed by atoms with E-state index < -0.39 is 0 Å². The Morgan fingerprint density at radius 3 is 2.68 bits per heavy atom. The van der Waals surface area contributed by atoms with Gasteiger partial charge in [-0.05, 0) is 49.9 Å². The molecule has 1 heterocycles. The third kappa shape index (κ3) is 3.56. The summed E-state index contributed by atoms with van der Waals surface area (Å²) in [6.45, 7) is 3.74. The Bertz CT molecular complexity index is 690. The van der Waals surface area contributed by atoms with Crippen LogP contribution in [0.1, 0.15) is 34.9 Å². The zero-order valence-corrected chi connectivity index (χ0v) is 13.9. The molecule has 22 heavy (non-hydrogen) atoms. The number of hydrogen-bond acceptors (Lipinski definition) is 5. The Balaban J connectivity index is 1.55. The SMILES string of the molecule is Cc1cc(OCC(=O)Nc2nnc(C3CC3)s2)cc(C)c1Cl. The lowest BCUT2D eigenvalue weighted by Crippen LogP contribution is -2.20. The van der Waals surface area contributed by atoms with Gasteiger partial charge >= 0.3 is 0 Å². The molecule has 1 amide bonds. The van der Waals surface area contributed by atoms with Crippen LogP contribution in [-0.2, 0) is 4.79 Å². The van der Waals surface area contributed by atoms with Gasteiger partial charge in [-0.15, -0.1) is 10.2 Å². The first-order chi connectivity index (χ1) is 10.5. The third-order valence-electron chi connectivity index (χ3n) is 3.39. The fourth-order valence-corrected chi connectivity index (χ4v) is 3.11. The van der Waals surface area contributed by atoms with Gasteiger partial charge in [-0.2, -0.15) is 0 Å². The van der Waals surface area contributed by atoms with Crippen molar-refractivity contribution in [2.75, 3.05) is 11.9 Å². The number of rotatable bonds is 5. The fraction of sp³-hybridized carbons (Fsp3) is 0.400. The standard InChI is InChI=1S/C15H16ClN3O2S/c1-8-5-11(6-9(2)13(8)16)21-7-12(20)17-15-19-18-14(22-15)10-3-4-10/h5-6,10H,3-4,7H2,1-2H3,(H,17,19,20). The third-order valence-corrected chi connectivity index (χ3v) is 4.99. The van der Waals surface area contributed by atoms with Gasteiger partial charge in [0.1, 0.15) is 10.8 Å². The zero-order chi connectivity index (χ0) is 15.7. The molecule has 2 aromatic rings. The van der Waals surface area contributed by atoms with Gasteiger partial charge in [-0.25, -0.2) is 0 Å². The van der Waals surface area contributed by atoms with E-state index in [0.717, 1.165) is 21.2 Å². The summed E-state index contributed by atoms with van der Waals surface area (Å²) in [5.41, 5.74) is 1.85. The van der Waals surface area contributed by atoms with Crippen molar-refractivity contribution in [1.29, 1.82) is 0 Å². The number of hydrogen-bond donors (Lipinski definition) is 1. The monoisotopic (exact) mass is 337 g/mol. The second kappa shape index (κ2) is 6.22. The minimum absolute atomic E-state index is 0.0706. The minimum atomic E-state index is -0.247. The van der Waals surface area contributed by atoms with Gasteiger partial charge in [-0.1, -0.05) is 22.9 Å². The van der Waals surface area contributed by atoms with E-state index in [2.05, 4.69) is 15.5 Å². The van der Waals surface area contributed by atoms with Crippen LogP contribution in [0.15, 0.2) is 12.1 Å². The fourth-order valence-electron chi connectivity index (χ4n) is 2.07. The summed E-state index contributed by atoms with van der Waals surface area (Å²) in [6.07, 6.45) is 2.34. The quantitative estimate of drug-likeness (QED) is 0.903. The number of ether oxygens (including phenoxy) is 1. The Hall–Kier alpha value is -1.66. The van der Waals surface area contributed by atoms with Gasteiger partial charge in [-0.3, -0.25) is 10.1 Å². The van der Waals surface area contributed by atoms with E-state index in [-0.39, 0.29) is 12.5 Å². The highest BCUT2D eigenvalue weighted by atomic mass is 35.5. The summed E-state index contributed by atoms with van der Waals surface area (Å²) >= 11 is 7.54. The van der Waals surface area contributed by atoms with E-state index in [1.807, 2.05) is 26.0 Å². The molecule has 0 aliphatic heterocycles. The summed E-state index contributed by atoms with van der Waals surface area (Å²) in [5.74, 6) is 0.925. The second-order valence-electron chi connectivity index (χ2n) is 5.43. The highest BCUT2D eigenvalue weighted by molar-refractivity contribution is 7.15. The molecule has 0 saturated heterocycles. The van der Waals surface area contributed by atoms with Crippen LogP contribution < -0.4 is 10.1 Å². The zero-order valence-electron chi connectivity index (χ0n) is 12.4. The molecule has 0 bridgehead atoms. The molecule has 0 spiro atoms. The van der Waals surface area contributed by atoms with Crippen molar-refractivity contribution in [3.63, 3.8) is 0 Å². The lowest BCUT2D eigenvalue weighted by molar-refractivity contribution is -0.118. The van der Waals surface area contributed by atoms with Crippen LogP contribution in [0.3, 0.4) is 0 Å². The highest BCUT2D eigenvalue weighted by Gasteiger charge is 2.27. The number of nitrogens with one attached hydrogen (secondary N) is 1. The first-order valence-corrected chi connectivity index (χ1v) is 8.25. The molecule has 116 valence electrons. The van der Waals surface area contributed by atoms with Crippen LogP contribution in [0.2, 0.25) is 5.02 Å². The lowest BCUT2D eigenvalue weighted by Gasteiger charge is -2.09. The number of carbonyl (C=O) groups is 1. The molecular weight excluding hydrogens is 322 g/mol. The number of aromatic nitrogens is 2. The molecule has 1 fully saturated rings. The molecule has 1 aromatic carbocycles. The minimum Gasteiger partial charge on any atom is -0.484 e. The van der Waals surface area contributed by atoms with Crippen molar-refractivity contribution in [1.82, 2.24) is 10.2 Å². The molecule has 1 saturated carbocycles. The van der Waals surface area contributed by atoms with Crippen LogP contribution in [0.5, 0.6) is 5.75 Å². The van der Waals surface area contributed by atoms with E-state index in [1.54, 1.807) is 0 Å². The van der Waals surface area contributed by atoms with Crippen molar-refractivity contribution in [2.24, 2.45) is 0 Å². The van der Waals surface area contributed by atoms with Crippen LogP contribution in [0, 0.1) is 13.8 Å². The van der Waals surface area contributed by atoms with Gasteiger partial charge in [0.05, 0.1) is 0 Å². The summed E-state index contributed by atoms with van der Waals surface area (Å²) < 4.78 is 5.51. The number of benzene rings is 1. The molecule has 5 nitrogen and oxygen atoms in total. The molecule has 1 aromatic heterocycles. The van der Waals surface area contributed by atoms with Gasteiger partial charge < -0.3 is 4.74 Å². The molecule has 0 radical (unpaired) electrons. The summed E-state index contributed by atoms with van der Waals surface area (Å²) in [6, 6.07) is 3.64. The first-order valence-electron chi connectivity index (χ1n) is 7.05. The van der Waals surface area contributed by atoms with Crippen molar-refractivity contribution in [3.8, 4) is 5.75 Å². The predicted molar refractivity (Wildman–Crippen MR) is 86.9 cm³/mol. The van der Waals surface area contributed by atoms with Crippen molar-refractivity contribution < 1.29 is 9.53 Å². The Kier molecular flexibility index (Phi) is 4.31. The number of aryl methyl sites for hydroxylation is 2. The topological polar surface area (TPSA) is 64.1 Å². The normalized spacial score (nSPS) is 14.0. The highest BCUT2D eigenvalue weighted by Crippen LogP contribution is 2.42. The van der Waals surface area contributed by atoms with Gasteiger partial charge in [0, 0.05) is 10.9 Å². The van der Waals surface area contributed by atoms with Crippen molar-refractivity contribution in [3.05, 3.63) is 33.3 Å². The van der Waals surface area contributed by atoms with Crippen LogP contribution in [0.25, 0.3) is 0 Å². The molecule has 1 aliphatic rings. The van der Waals surface area contributed by atoms with E-state index in [1.165, 1.54) is 24.2 Å². The van der Waals surface area contributed by atoms with Crippen LogP contribution >= 0.6 is 22.9 Å². The van der Waals surface area contributed by atoms with E-state index in [4.69, 9.17) is 16.3 Å². The summed E-state index contributed by atoms with van der Waals surface area (Å²) in [4.78, 5) is 11.9. The molecule has 0 unspecified atom stereocenters. The maximum absolute atomic E-state index is 11.9. The van der Waals surface area contributed by atoms with Gasteiger partial charge in [0.15, 0.2) is 6.61 Å². The number of carbonyl (C=O) groups excluding carboxylic acids is 1. The smallest absolute Gasteiger partial charge is 0.264 e. The molecule has 3 rings (SSSR count). The second-order valence-corrected chi connectivity index (χ2v) is 6.81. The predicted octanol–water partition coefficient (Wildman–Crippen LogP) is 3.70. The number of anilines is 1. The summed E-state index contributed by atoms with van der Waals surface area (Å²) in [5, 5.41) is 13.0. The van der Waals surface area contributed by atoms with Crippen LogP contribution in [-0.4, -0.2) is 22.7 Å². The number of amides is 1. The maximum Gasteiger partial charge on any atom is 0.264 e.